The Balaban J connectivity index is 4.09. The van der Waals surface area contributed by atoms with Crippen molar-refractivity contribution in [3.63, 3.8) is 0 Å². The van der Waals surface area contributed by atoms with Gasteiger partial charge in [-0.15, -0.1) is 0 Å². The van der Waals surface area contributed by atoms with Gasteiger partial charge >= 0.3 is 5.97 Å². The molecule has 5 nitrogen and oxygen atoms in total. The van der Waals surface area contributed by atoms with Gasteiger partial charge in [0.15, 0.2) is 0 Å². The zero-order chi connectivity index (χ0) is 16.1. The largest absolute Gasteiger partial charge is 0.468 e. The van der Waals surface area contributed by atoms with Gasteiger partial charge in [-0.1, -0.05) is 20.3 Å². The summed E-state index contributed by atoms with van der Waals surface area (Å²) in [5.41, 5.74) is -0.701. The Bertz CT molecular complexity index is 273. The average Bonchev–Trinajstić information content (AvgIpc) is 2.47. The van der Waals surface area contributed by atoms with E-state index >= 15 is 0 Å². The minimum absolute atomic E-state index is 0.0340. The molecule has 0 heterocycles. The van der Waals surface area contributed by atoms with Crippen molar-refractivity contribution in [3.05, 3.63) is 0 Å². The zero-order valence-electron chi connectivity index (χ0n) is 14.4. The molecule has 1 N–H and O–H groups in total. The number of carbonyl (C=O) groups is 1. The van der Waals surface area contributed by atoms with Gasteiger partial charge in [-0.3, -0.25) is 4.79 Å². The lowest BCUT2D eigenvalue weighted by atomic mass is 9.94. The molecular formula is C16H33NO4. The molecule has 2 atom stereocenters. The van der Waals surface area contributed by atoms with Crippen LogP contribution >= 0.6 is 0 Å². The number of methoxy groups -OCH3 is 1. The van der Waals surface area contributed by atoms with E-state index in [4.69, 9.17) is 14.2 Å². The first-order valence-corrected chi connectivity index (χ1v) is 8.03. The number of ether oxygens (including phenoxy) is 3. The first-order valence-electron chi connectivity index (χ1n) is 8.03. The van der Waals surface area contributed by atoms with Crippen molar-refractivity contribution in [3.8, 4) is 0 Å². The van der Waals surface area contributed by atoms with Crippen LogP contribution in [0.3, 0.4) is 0 Å². The van der Waals surface area contributed by atoms with E-state index in [-0.39, 0.29) is 12.1 Å². The molecule has 21 heavy (non-hydrogen) atoms. The quantitative estimate of drug-likeness (QED) is 0.418. The molecule has 0 bridgehead atoms. The van der Waals surface area contributed by atoms with E-state index in [1.165, 1.54) is 7.11 Å². The van der Waals surface area contributed by atoms with E-state index in [0.29, 0.717) is 19.6 Å². The van der Waals surface area contributed by atoms with Gasteiger partial charge in [-0.25, -0.2) is 0 Å². The van der Waals surface area contributed by atoms with Gasteiger partial charge in [-0.2, -0.15) is 0 Å². The molecule has 0 aromatic carbocycles. The summed E-state index contributed by atoms with van der Waals surface area (Å²) in [4.78, 5) is 12.0. The van der Waals surface area contributed by atoms with Gasteiger partial charge in [0.25, 0.3) is 0 Å². The van der Waals surface area contributed by atoms with Crippen molar-refractivity contribution >= 4 is 5.97 Å². The maximum atomic E-state index is 12.0. The summed E-state index contributed by atoms with van der Waals surface area (Å²) in [5, 5.41) is 3.26. The molecular weight excluding hydrogens is 270 g/mol. The van der Waals surface area contributed by atoms with E-state index in [9.17, 15) is 4.79 Å². The predicted octanol–water partition coefficient (Wildman–Crippen LogP) is 2.53. The number of nitrogens with one attached hydrogen (secondary N) is 1. The summed E-state index contributed by atoms with van der Waals surface area (Å²) in [6.45, 7) is 10.8. The van der Waals surface area contributed by atoms with Crippen molar-refractivity contribution in [1.29, 1.82) is 0 Å². The molecule has 5 heteroatoms. The molecule has 0 amide bonds. The third-order valence-electron chi connectivity index (χ3n) is 3.37. The molecule has 0 aliphatic rings. The molecule has 0 aliphatic heterocycles. The van der Waals surface area contributed by atoms with Crippen LogP contribution in [0.15, 0.2) is 0 Å². The number of esters is 1. The highest BCUT2D eigenvalue weighted by Gasteiger charge is 2.35. The smallest absolute Gasteiger partial charge is 0.325 e. The van der Waals surface area contributed by atoms with Crippen LogP contribution in [0.2, 0.25) is 0 Å². The molecule has 0 aromatic heterocycles. The van der Waals surface area contributed by atoms with Gasteiger partial charge in [0.1, 0.15) is 5.54 Å². The van der Waals surface area contributed by atoms with Crippen molar-refractivity contribution in [2.45, 2.75) is 65.0 Å². The third-order valence-corrected chi connectivity index (χ3v) is 3.37. The molecule has 0 aliphatic carbocycles. The highest BCUT2D eigenvalue weighted by Crippen LogP contribution is 2.16. The SMILES string of the molecule is CCCCOCCOC(C)CC(C)(NCCC)C(=O)OC. The second-order valence-corrected chi connectivity index (χ2v) is 5.60. The topological polar surface area (TPSA) is 56.8 Å². The molecule has 0 fully saturated rings. The van der Waals surface area contributed by atoms with Crippen LogP contribution < -0.4 is 5.32 Å². The van der Waals surface area contributed by atoms with Crippen LogP contribution in [-0.4, -0.2) is 51.1 Å². The standard InChI is InChI=1S/C16H33NO4/c1-6-8-10-20-11-12-21-14(3)13-16(4,15(18)19-5)17-9-7-2/h14,17H,6-13H2,1-5H3. The Labute approximate surface area is 129 Å². The fourth-order valence-electron chi connectivity index (χ4n) is 2.14. The molecule has 0 spiro atoms. The normalized spacial score (nSPS) is 15.5. The number of hydrogen-bond acceptors (Lipinski definition) is 5. The summed E-state index contributed by atoms with van der Waals surface area (Å²) in [5.74, 6) is -0.245. The Morgan fingerprint density at radius 3 is 2.48 bits per heavy atom. The first kappa shape index (κ1) is 20.3. The van der Waals surface area contributed by atoms with Crippen molar-refractivity contribution in [2.24, 2.45) is 0 Å². The maximum absolute atomic E-state index is 12.0. The molecule has 0 saturated carbocycles. The lowest BCUT2D eigenvalue weighted by Gasteiger charge is -2.30. The van der Waals surface area contributed by atoms with Crippen molar-refractivity contribution in [2.75, 3.05) is 33.5 Å². The Hall–Kier alpha value is -0.650. The van der Waals surface area contributed by atoms with Gasteiger partial charge in [0, 0.05) is 13.0 Å². The van der Waals surface area contributed by atoms with E-state index in [2.05, 4.69) is 19.2 Å². The summed E-state index contributed by atoms with van der Waals surface area (Å²) >= 11 is 0. The predicted molar refractivity (Wildman–Crippen MR) is 84.5 cm³/mol. The second-order valence-electron chi connectivity index (χ2n) is 5.60. The highest BCUT2D eigenvalue weighted by molar-refractivity contribution is 5.80. The van der Waals surface area contributed by atoms with E-state index in [0.717, 1.165) is 32.4 Å². The van der Waals surface area contributed by atoms with Crippen LogP contribution in [-0.2, 0) is 19.0 Å². The van der Waals surface area contributed by atoms with Crippen LogP contribution in [0.4, 0.5) is 0 Å². The van der Waals surface area contributed by atoms with Gasteiger partial charge in [0.2, 0.25) is 0 Å². The number of rotatable bonds is 13. The molecule has 0 saturated heterocycles. The summed E-state index contributed by atoms with van der Waals surface area (Å²) in [6, 6.07) is 0. The monoisotopic (exact) mass is 303 g/mol. The number of unbranched alkanes of at least 4 members (excludes halogenated alkanes) is 1. The van der Waals surface area contributed by atoms with E-state index in [1.54, 1.807) is 0 Å². The number of carbonyl (C=O) groups excluding carboxylic acids is 1. The fraction of sp³-hybridized carbons (Fsp3) is 0.938. The third kappa shape index (κ3) is 9.06. The van der Waals surface area contributed by atoms with Crippen LogP contribution in [0.25, 0.3) is 0 Å². The Morgan fingerprint density at radius 2 is 1.90 bits per heavy atom. The average molecular weight is 303 g/mol. The van der Waals surface area contributed by atoms with Crippen LogP contribution in [0.5, 0.6) is 0 Å². The van der Waals surface area contributed by atoms with Gasteiger partial charge in [0.05, 0.1) is 26.4 Å². The van der Waals surface area contributed by atoms with Gasteiger partial charge in [-0.05, 0) is 33.2 Å². The molecule has 0 rings (SSSR count). The van der Waals surface area contributed by atoms with Crippen molar-refractivity contribution in [1.82, 2.24) is 5.32 Å². The summed E-state index contributed by atoms with van der Waals surface area (Å²) in [7, 11) is 1.42. The van der Waals surface area contributed by atoms with E-state index < -0.39 is 5.54 Å². The summed E-state index contributed by atoms with van der Waals surface area (Å²) in [6.07, 6.45) is 3.73. The lowest BCUT2D eigenvalue weighted by Crippen LogP contribution is -2.52. The summed E-state index contributed by atoms with van der Waals surface area (Å²) < 4.78 is 16.1. The molecule has 126 valence electrons. The lowest BCUT2D eigenvalue weighted by molar-refractivity contribution is -0.149. The van der Waals surface area contributed by atoms with Crippen LogP contribution in [0.1, 0.15) is 53.4 Å². The molecule has 0 radical (unpaired) electrons. The number of hydrogen-bond donors (Lipinski definition) is 1. The molecule has 2 unspecified atom stereocenters. The van der Waals surface area contributed by atoms with Crippen molar-refractivity contribution < 1.29 is 19.0 Å². The fourth-order valence-corrected chi connectivity index (χ4v) is 2.14. The van der Waals surface area contributed by atoms with Gasteiger partial charge < -0.3 is 19.5 Å². The first-order chi connectivity index (χ1) is 10.00. The van der Waals surface area contributed by atoms with E-state index in [1.807, 2.05) is 13.8 Å². The minimum atomic E-state index is -0.701. The van der Waals surface area contributed by atoms with Crippen LogP contribution in [0, 0.1) is 0 Å². The zero-order valence-corrected chi connectivity index (χ0v) is 14.4. The molecule has 0 aromatic rings. The second kappa shape index (κ2) is 12.0. The Kier molecular flexibility index (Phi) is 11.6. The highest BCUT2D eigenvalue weighted by atomic mass is 16.5. The Morgan fingerprint density at radius 1 is 1.19 bits per heavy atom. The minimum Gasteiger partial charge on any atom is -0.468 e. The maximum Gasteiger partial charge on any atom is 0.325 e.